The summed E-state index contributed by atoms with van der Waals surface area (Å²) in [6.07, 6.45) is 0.136. The van der Waals surface area contributed by atoms with E-state index in [9.17, 15) is 9.59 Å². The first-order valence-electron chi connectivity index (χ1n) is 10.8. The van der Waals surface area contributed by atoms with Crippen LogP contribution in [-0.4, -0.2) is 30.0 Å². The van der Waals surface area contributed by atoms with Gasteiger partial charge in [0.15, 0.2) is 6.61 Å². The van der Waals surface area contributed by atoms with E-state index in [0.29, 0.717) is 32.9 Å². The lowest BCUT2D eigenvalue weighted by atomic mass is 10.0. The van der Waals surface area contributed by atoms with Crippen molar-refractivity contribution in [2.75, 3.05) is 18.1 Å². The van der Waals surface area contributed by atoms with Crippen LogP contribution in [0.15, 0.2) is 72.8 Å². The van der Waals surface area contributed by atoms with Crippen LogP contribution in [0.1, 0.15) is 16.8 Å². The number of anilines is 1. The van der Waals surface area contributed by atoms with Crippen LogP contribution in [0.5, 0.6) is 0 Å². The number of nitrogens with zero attached hydrogens (tertiary/aromatic N) is 3. The van der Waals surface area contributed by atoms with Crippen molar-refractivity contribution in [1.29, 1.82) is 5.26 Å². The molecule has 0 aliphatic heterocycles. The van der Waals surface area contributed by atoms with Crippen LogP contribution < -0.4 is 4.90 Å². The molecule has 36 heavy (non-hydrogen) atoms. The highest BCUT2D eigenvalue weighted by molar-refractivity contribution is 6.49. The summed E-state index contributed by atoms with van der Waals surface area (Å²) in [6, 6.07) is 22.8. The van der Waals surface area contributed by atoms with Crippen molar-refractivity contribution in [2.24, 2.45) is 0 Å². The second-order valence-corrected chi connectivity index (χ2v) is 8.82. The molecule has 0 saturated heterocycles. The van der Waals surface area contributed by atoms with E-state index in [1.165, 1.54) is 4.90 Å². The van der Waals surface area contributed by atoms with Gasteiger partial charge >= 0.3 is 5.97 Å². The van der Waals surface area contributed by atoms with Gasteiger partial charge in [-0.2, -0.15) is 5.26 Å². The normalized spacial score (nSPS) is 10.6. The van der Waals surface area contributed by atoms with E-state index in [2.05, 4.69) is 4.98 Å². The Bertz CT molecular complexity index is 1490. The number of amides is 1. The van der Waals surface area contributed by atoms with Gasteiger partial charge in [0.2, 0.25) is 0 Å². The lowest BCUT2D eigenvalue weighted by molar-refractivity contribution is -0.121. The molecule has 0 saturated carbocycles. The molecule has 4 aromatic rings. The Morgan fingerprint density at radius 1 is 0.944 bits per heavy atom. The van der Waals surface area contributed by atoms with E-state index in [0.717, 1.165) is 0 Å². The van der Waals surface area contributed by atoms with Crippen LogP contribution in [0.3, 0.4) is 0 Å². The van der Waals surface area contributed by atoms with Gasteiger partial charge in [0.1, 0.15) is 0 Å². The number of aromatic nitrogens is 1. The topological polar surface area (TPSA) is 83.3 Å². The summed E-state index contributed by atoms with van der Waals surface area (Å²) in [5.74, 6) is -1.15. The van der Waals surface area contributed by atoms with Gasteiger partial charge in [-0.1, -0.05) is 71.2 Å². The molecule has 0 N–H and O–H groups in total. The highest BCUT2D eigenvalue weighted by Gasteiger charge is 2.21. The fraction of sp³-hybridized carbons (Fsp3) is 0.111. The summed E-state index contributed by atoms with van der Waals surface area (Å²) in [6.45, 7) is -0.326. The number of carbonyl (C=O) groups excluding carboxylic acids is 2. The predicted octanol–water partition coefficient (Wildman–Crippen LogP) is 6.97. The summed E-state index contributed by atoms with van der Waals surface area (Å²) < 4.78 is 5.42. The summed E-state index contributed by atoms with van der Waals surface area (Å²) in [7, 11) is 0. The number of pyridine rings is 1. The number of carbonyl (C=O) groups is 2. The minimum Gasteiger partial charge on any atom is -0.452 e. The zero-order chi connectivity index (χ0) is 25.7. The highest BCUT2D eigenvalue weighted by atomic mass is 35.5. The van der Waals surface area contributed by atoms with Crippen molar-refractivity contribution in [3.63, 3.8) is 0 Å². The van der Waals surface area contributed by atoms with Crippen LogP contribution in [0.4, 0.5) is 5.69 Å². The van der Waals surface area contributed by atoms with Crippen molar-refractivity contribution in [3.8, 4) is 17.3 Å². The van der Waals surface area contributed by atoms with Crippen LogP contribution >= 0.6 is 34.8 Å². The Labute approximate surface area is 222 Å². The number of benzene rings is 3. The monoisotopic (exact) mass is 537 g/mol. The molecular weight excluding hydrogens is 521 g/mol. The molecule has 1 heterocycles. The minimum atomic E-state index is -0.701. The number of rotatable bonds is 7. The Balaban J connectivity index is 1.64. The fourth-order valence-electron chi connectivity index (χ4n) is 3.66. The van der Waals surface area contributed by atoms with Gasteiger partial charge in [0, 0.05) is 23.2 Å². The number of para-hydroxylation sites is 2. The SMILES string of the molecule is N#CCCN(C(=O)COC(=O)c1cc(-c2ccc(Cl)c(Cl)c2Cl)nc2ccccc12)c1ccccc1. The van der Waals surface area contributed by atoms with Gasteiger partial charge in [-0.15, -0.1) is 0 Å². The number of nitriles is 1. The van der Waals surface area contributed by atoms with Crippen LogP contribution in [0.2, 0.25) is 15.1 Å². The van der Waals surface area contributed by atoms with Gasteiger partial charge in [-0.3, -0.25) is 4.79 Å². The van der Waals surface area contributed by atoms with Gasteiger partial charge in [-0.05, 0) is 36.4 Å². The van der Waals surface area contributed by atoms with E-state index < -0.39 is 18.5 Å². The van der Waals surface area contributed by atoms with Crippen molar-refractivity contribution in [3.05, 3.63) is 93.4 Å². The standard InChI is InChI=1S/C27H18Cl3N3O3/c28-21-12-11-19(25(29)26(21)30)23-15-20(18-9-4-5-10-22(18)32-23)27(35)36-16-24(34)33(14-6-13-31)17-7-2-1-3-8-17/h1-5,7-12,15H,6,14,16H2. The molecule has 1 amide bonds. The first-order chi connectivity index (χ1) is 17.4. The minimum absolute atomic E-state index is 0.136. The van der Waals surface area contributed by atoms with E-state index in [4.69, 9.17) is 44.8 Å². The van der Waals surface area contributed by atoms with E-state index in [-0.39, 0.29) is 28.6 Å². The maximum absolute atomic E-state index is 13.2. The molecule has 6 nitrogen and oxygen atoms in total. The molecule has 0 aliphatic carbocycles. The zero-order valence-corrected chi connectivity index (χ0v) is 21.0. The first kappa shape index (κ1) is 25.5. The van der Waals surface area contributed by atoms with Gasteiger partial charge < -0.3 is 9.64 Å². The molecular formula is C27H18Cl3N3O3. The molecule has 0 unspecified atom stereocenters. The Kier molecular flexibility index (Phi) is 8.07. The smallest absolute Gasteiger partial charge is 0.339 e. The number of hydrogen-bond acceptors (Lipinski definition) is 5. The molecule has 0 aliphatic rings. The molecule has 0 spiro atoms. The summed E-state index contributed by atoms with van der Waals surface area (Å²) in [4.78, 5) is 32.1. The molecule has 1 aromatic heterocycles. The fourth-order valence-corrected chi connectivity index (χ4v) is 4.29. The molecule has 3 aromatic carbocycles. The Morgan fingerprint density at radius 2 is 1.67 bits per heavy atom. The van der Waals surface area contributed by atoms with Gasteiger partial charge in [0.25, 0.3) is 5.91 Å². The third-order valence-electron chi connectivity index (χ3n) is 5.39. The number of halogens is 3. The average Bonchev–Trinajstić information content (AvgIpc) is 2.90. The highest BCUT2D eigenvalue weighted by Crippen LogP contribution is 2.38. The predicted molar refractivity (Wildman–Crippen MR) is 142 cm³/mol. The van der Waals surface area contributed by atoms with Crippen LogP contribution in [0, 0.1) is 11.3 Å². The third kappa shape index (κ3) is 5.44. The van der Waals surface area contributed by atoms with E-state index in [1.54, 1.807) is 66.7 Å². The molecule has 0 radical (unpaired) electrons. The molecule has 0 bridgehead atoms. The van der Waals surface area contributed by atoms with Gasteiger partial charge in [0.05, 0.1) is 44.3 Å². The Morgan fingerprint density at radius 3 is 2.42 bits per heavy atom. The van der Waals surface area contributed by atoms with Gasteiger partial charge in [-0.25, -0.2) is 9.78 Å². The lowest BCUT2D eigenvalue weighted by Crippen LogP contribution is -2.35. The number of hydrogen-bond donors (Lipinski definition) is 0. The largest absolute Gasteiger partial charge is 0.452 e. The van der Waals surface area contributed by atoms with Crippen molar-refractivity contribution in [2.45, 2.75) is 6.42 Å². The Hall–Kier alpha value is -3.63. The number of esters is 1. The number of ether oxygens (including phenoxy) is 1. The van der Waals surface area contributed by atoms with Crippen molar-refractivity contribution >= 4 is 63.3 Å². The van der Waals surface area contributed by atoms with Crippen molar-refractivity contribution in [1.82, 2.24) is 4.98 Å². The number of fused-ring (bicyclic) bond motifs is 1. The second kappa shape index (κ2) is 11.4. The third-order valence-corrected chi connectivity index (χ3v) is 6.68. The lowest BCUT2D eigenvalue weighted by Gasteiger charge is -2.21. The maximum Gasteiger partial charge on any atom is 0.339 e. The molecule has 0 atom stereocenters. The summed E-state index contributed by atoms with van der Waals surface area (Å²) >= 11 is 18.7. The molecule has 4 rings (SSSR count). The molecule has 180 valence electrons. The summed E-state index contributed by atoms with van der Waals surface area (Å²) in [5, 5.41) is 10.2. The first-order valence-corrected chi connectivity index (χ1v) is 12.0. The summed E-state index contributed by atoms with van der Waals surface area (Å²) in [5.41, 5.74) is 2.26. The van der Waals surface area contributed by atoms with Crippen LogP contribution in [0.25, 0.3) is 22.2 Å². The second-order valence-electron chi connectivity index (χ2n) is 7.66. The maximum atomic E-state index is 13.2. The van der Waals surface area contributed by atoms with Crippen LogP contribution in [-0.2, 0) is 9.53 Å². The van der Waals surface area contributed by atoms with E-state index >= 15 is 0 Å². The van der Waals surface area contributed by atoms with E-state index in [1.807, 2.05) is 12.1 Å². The van der Waals surface area contributed by atoms with Crippen molar-refractivity contribution < 1.29 is 14.3 Å². The quantitative estimate of drug-likeness (QED) is 0.187. The molecule has 9 heteroatoms. The zero-order valence-electron chi connectivity index (χ0n) is 18.7. The average molecular weight is 539 g/mol. The molecule has 0 fully saturated rings.